The van der Waals surface area contributed by atoms with E-state index in [9.17, 15) is 0 Å². The van der Waals surface area contributed by atoms with Crippen molar-refractivity contribution in [2.24, 2.45) is 5.73 Å². The van der Waals surface area contributed by atoms with Gasteiger partial charge in [0.15, 0.2) is 0 Å². The summed E-state index contributed by atoms with van der Waals surface area (Å²) < 4.78 is 2.11. The molecular weight excluding hydrogens is 234 g/mol. The minimum atomic E-state index is 0.473. The standard InChI is InChI=1S/C16H17N3/c1-11-3-5-13(6-4-11)16-8-15-7-14(9-17)18-10-19(15)12(16)2/h3-8,10H,9,17H2,1-2H3. The largest absolute Gasteiger partial charge is 0.325 e. The molecule has 0 radical (unpaired) electrons. The lowest BCUT2D eigenvalue weighted by Gasteiger charge is -2.02. The molecule has 0 atom stereocenters. The first-order valence-corrected chi connectivity index (χ1v) is 6.43. The van der Waals surface area contributed by atoms with E-state index >= 15 is 0 Å². The molecule has 0 bridgehead atoms. The van der Waals surface area contributed by atoms with E-state index in [-0.39, 0.29) is 0 Å². The normalized spacial score (nSPS) is 11.1. The number of nitrogens with zero attached hydrogens (tertiary/aromatic N) is 2. The van der Waals surface area contributed by atoms with E-state index in [1.807, 2.05) is 12.4 Å². The zero-order valence-electron chi connectivity index (χ0n) is 11.2. The molecule has 0 saturated heterocycles. The molecule has 2 heterocycles. The van der Waals surface area contributed by atoms with Crippen LogP contribution in [-0.4, -0.2) is 9.38 Å². The van der Waals surface area contributed by atoms with Crippen molar-refractivity contribution in [3.8, 4) is 11.1 Å². The van der Waals surface area contributed by atoms with Gasteiger partial charge in [-0.05, 0) is 31.5 Å². The van der Waals surface area contributed by atoms with Gasteiger partial charge in [0, 0.05) is 23.3 Å². The maximum Gasteiger partial charge on any atom is 0.0996 e. The summed E-state index contributed by atoms with van der Waals surface area (Å²) in [7, 11) is 0. The third-order valence-electron chi connectivity index (χ3n) is 3.55. The topological polar surface area (TPSA) is 43.3 Å². The van der Waals surface area contributed by atoms with E-state index in [0.29, 0.717) is 6.54 Å². The Bertz CT molecular complexity index is 724. The van der Waals surface area contributed by atoms with Crippen LogP contribution in [0.2, 0.25) is 0 Å². The van der Waals surface area contributed by atoms with Crippen LogP contribution in [0.3, 0.4) is 0 Å². The van der Waals surface area contributed by atoms with Gasteiger partial charge in [-0.25, -0.2) is 4.98 Å². The van der Waals surface area contributed by atoms with Gasteiger partial charge in [0.1, 0.15) is 0 Å². The molecule has 0 spiro atoms. The molecule has 2 aromatic heterocycles. The molecule has 96 valence electrons. The van der Waals surface area contributed by atoms with Gasteiger partial charge in [-0.3, -0.25) is 0 Å². The molecule has 2 N–H and O–H groups in total. The molecule has 3 rings (SSSR count). The van der Waals surface area contributed by atoms with E-state index in [1.165, 1.54) is 22.4 Å². The van der Waals surface area contributed by atoms with Crippen molar-refractivity contribution in [2.75, 3.05) is 0 Å². The zero-order valence-corrected chi connectivity index (χ0v) is 11.2. The number of rotatable bonds is 2. The number of aryl methyl sites for hydroxylation is 2. The molecule has 0 aliphatic carbocycles. The van der Waals surface area contributed by atoms with Crippen molar-refractivity contribution in [2.45, 2.75) is 20.4 Å². The Morgan fingerprint density at radius 3 is 2.53 bits per heavy atom. The van der Waals surface area contributed by atoms with Gasteiger partial charge in [0.05, 0.1) is 12.0 Å². The van der Waals surface area contributed by atoms with Gasteiger partial charge in [0.25, 0.3) is 0 Å². The summed E-state index contributed by atoms with van der Waals surface area (Å²) >= 11 is 0. The predicted octanol–water partition coefficient (Wildman–Crippen LogP) is 3.08. The van der Waals surface area contributed by atoms with Crippen LogP contribution >= 0.6 is 0 Å². The highest BCUT2D eigenvalue weighted by molar-refractivity contribution is 5.73. The Balaban J connectivity index is 2.19. The van der Waals surface area contributed by atoms with Crippen LogP contribution in [0.25, 0.3) is 16.6 Å². The monoisotopic (exact) mass is 251 g/mol. The average Bonchev–Trinajstić information content (AvgIpc) is 2.76. The number of benzene rings is 1. The third kappa shape index (κ3) is 2.02. The molecule has 0 aliphatic heterocycles. The lowest BCUT2D eigenvalue weighted by Crippen LogP contribution is -2.01. The van der Waals surface area contributed by atoms with Gasteiger partial charge < -0.3 is 10.1 Å². The lowest BCUT2D eigenvalue weighted by atomic mass is 10.0. The van der Waals surface area contributed by atoms with E-state index < -0.39 is 0 Å². The van der Waals surface area contributed by atoms with E-state index in [0.717, 1.165) is 11.2 Å². The van der Waals surface area contributed by atoms with Gasteiger partial charge in [-0.15, -0.1) is 0 Å². The molecule has 19 heavy (non-hydrogen) atoms. The van der Waals surface area contributed by atoms with Crippen molar-refractivity contribution in [1.82, 2.24) is 9.38 Å². The Morgan fingerprint density at radius 1 is 1.11 bits per heavy atom. The highest BCUT2D eigenvalue weighted by Gasteiger charge is 2.08. The molecule has 0 unspecified atom stereocenters. The van der Waals surface area contributed by atoms with E-state index in [1.54, 1.807) is 0 Å². The highest BCUT2D eigenvalue weighted by atomic mass is 15.0. The Kier molecular flexibility index (Phi) is 2.84. The number of nitrogens with two attached hydrogens (primary N) is 1. The van der Waals surface area contributed by atoms with Crippen LogP contribution < -0.4 is 5.73 Å². The molecule has 1 aromatic carbocycles. The number of hydrogen-bond donors (Lipinski definition) is 1. The average molecular weight is 251 g/mol. The fourth-order valence-corrected chi connectivity index (χ4v) is 2.39. The number of hydrogen-bond acceptors (Lipinski definition) is 2. The second kappa shape index (κ2) is 4.52. The third-order valence-corrected chi connectivity index (χ3v) is 3.55. The predicted molar refractivity (Wildman–Crippen MR) is 78.0 cm³/mol. The van der Waals surface area contributed by atoms with Crippen LogP contribution in [0, 0.1) is 13.8 Å². The number of aromatic nitrogens is 2. The first-order chi connectivity index (χ1) is 9.19. The molecule has 3 nitrogen and oxygen atoms in total. The minimum Gasteiger partial charge on any atom is -0.325 e. The first-order valence-electron chi connectivity index (χ1n) is 6.43. The molecule has 0 saturated carbocycles. The van der Waals surface area contributed by atoms with Crippen LogP contribution in [-0.2, 0) is 6.54 Å². The summed E-state index contributed by atoms with van der Waals surface area (Å²) in [6.45, 7) is 4.69. The Labute approximate surface area is 112 Å². The van der Waals surface area contributed by atoms with Crippen LogP contribution in [0.15, 0.2) is 42.7 Å². The van der Waals surface area contributed by atoms with E-state index in [4.69, 9.17) is 5.73 Å². The number of fused-ring (bicyclic) bond motifs is 1. The Morgan fingerprint density at radius 2 is 1.84 bits per heavy atom. The van der Waals surface area contributed by atoms with Crippen molar-refractivity contribution < 1.29 is 0 Å². The molecule has 0 amide bonds. The van der Waals surface area contributed by atoms with E-state index in [2.05, 4.69) is 53.6 Å². The second-order valence-electron chi connectivity index (χ2n) is 4.89. The molecule has 3 heteroatoms. The zero-order chi connectivity index (χ0) is 13.4. The smallest absolute Gasteiger partial charge is 0.0996 e. The van der Waals surface area contributed by atoms with Gasteiger partial charge in [0.2, 0.25) is 0 Å². The fourth-order valence-electron chi connectivity index (χ4n) is 2.39. The second-order valence-corrected chi connectivity index (χ2v) is 4.89. The van der Waals surface area contributed by atoms with Crippen molar-refractivity contribution in [1.29, 1.82) is 0 Å². The van der Waals surface area contributed by atoms with Crippen molar-refractivity contribution in [3.05, 3.63) is 59.7 Å². The molecule has 0 fully saturated rings. The summed E-state index contributed by atoms with van der Waals surface area (Å²) in [6.07, 6.45) is 1.85. The minimum absolute atomic E-state index is 0.473. The van der Waals surface area contributed by atoms with Crippen LogP contribution in [0.5, 0.6) is 0 Å². The van der Waals surface area contributed by atoms with Crippen LogP contribution in [0.1, 0.15) is 17.0 Å². The fraction of sp³-hybridized carbons (Fsp3) is 0.188. The van der Waals surface area contributed by atoms with Gasteiger partial charge in [-0.1, -0.05) is 29.8 Å². The maximum absolute atomic E-state index is 5.64. The maximum atomic E-state index is 5.64. The van der Waals surface area contributed by atoms with Gasteiger partial charge in [-0.2, -0.15) is 0 Å². The van der Waals surface area contributed by atoms with Crippen LogP contribution in [0.4, 0.5) is 0 Å². The quantitative estimate of drug-likeness (QED) is 0.760. The summed E-state index contributed by atoms with van der Waals surface area (Å²) in [4.78, 5) is 4.35. The summed E-state index contributed by atoms with van der Waals surface area (Å²) in [5.74, 6) is 0. The molecule has 0 aliphatic rings. The Hall–Kier alpha value is -2.13. The molecule has 3 aromatic rings. The van der Waals surface area contributed by atoms with Crippen molar-refractivity contribution in [3.63, 3.8) is 0 Å². The highest BCUT2D eigenvalue weighted by Crippen LogP contribution is 2.27. The summed E-state index contributed by atoms with van der Waals surface area (Å²) in [6, 6.07) is 12.8. The SMILES string of the molecule is Cc1ccc(-c2cc3cc(CN)ncn3c2C)cc1. The first kappa shape index (κ1) is 11.9. The van der Waals surface area contributed by atoms with Crippen molar-refractivity contribution >= 4 is 5.52 Å². The summed E-state index contributed by atoms with van der Waals surface area (Å²) in [5.41, 5.74) is 12.7. The van der Waals surface area contributed by atoms with Gasteiger partial charge >= 0.3 is 0 Å². The molecular formula is C16H17N3. The lowest BCUT2D eigenvalue weighted by molar-refractivity contribution is 0.941. The summed E-state index contributed by atoms with van der Waals surface area (Å²) in [5, 5.41) is 0.